The van der Waals surface area contributed by atoms with Gasteiger partial charge in [-0.25, -0.2) is 9.59 Å². The maximum atomic E-state index is 14.6. The highest BCUT2D eigenvalue weighted by molar-refractivity contribution is 5.86. The number of hydrogen-bond acceptors (Lipinski definition) is 6. The van der Waals surface area contributed by atoms with Crippen LogP contribution in [-0.2, 0) is 29.3 Å². The molecule has 276 valence electrons. The summed E-state index contributed by atoms with van der Waals surface area (Å²) in [5.41, 5.74) is -0.351. The Balaban J connectivity index is 1.12. The normalized spacial score (nSPS) is 21.6. The zero-order chi connectivity index (χ0) is 35.1. The number of piperidine rings is 1. The van der Waals surface area contributed by atoms with Crippen LogP contribution in [-0.4, -0.2) is 60.8 Å². The Morgan fingerprint density at radius 1 is 0.720 bits per heavy atom. The highest BCUT2D eigenvalue weighted by Gasteiger charge is 2.57. The Hall–Kier alpha value is -2.90. The predicted octanol–water partition coefficient (Wildman–Crippen LogP) is 10.4. The SMILES string of the molecule is CCCCCCCCCCCCCCCOC(=O)OC(C)OC(C(=O)OC1CC2CCC(C1)[N+]21CCCC1)(c1ccccc1)c1ccccc1. The van der Waals surface area contributed by atoms with E-state index >= 15 is 0 Å². The second kappa shape index (κ2) is 19.6. The van der Waals surface area contributed by atoms with Gasteiger partial charge in [0.05, 0.1) is 31.8 Å². The van der Waals surface area contributed by atoms with Crippen LogP contribution in [0.2, 0.25) is 0 Å². The lowest BCUT2D eigenvalue weighted by Crippen LogP contribution is -2.60. The molecular weight excluding hydrogens is 626 g/mol. The average molecular weight is 691 g/mol. The quantitative estimate of drug-likeness (QED) is 0.0562. The standard InChI is InChI=1S/C43H64NO6/c1-3-4-5-6-7-8-9-10-11-12-13-14-23-32-47-42(46)48-35(2)50-43(36-24-17-15-18-25-36,37-26-19-16-20-27-37)41(45)49-40-33-38-28-29-39(34-40)44(38)30-21-22-31-44/h15-20,24-27,35,38-40H,3-14,21-23,28-34H2,1-2H3/q+1. The van der Waals surface area contributed by atoms with Crippen LogP contribution in [0, 0.1) is 0 Å². The Morgan fingerprint density at radius 3 is 1.70 bits per heavy atom. The molecule has 3 atom stereocenters. The molecule has 0 radical (unpaired) electrons. The van der Waals surface area contributed by atoms with Gasteiger partial charge in [0, 0.05) is 38.5 Å². The van der Waals surface area contributed by atoms with E-state index in [9.17, 15) is 9.59 Å². The third-order valence-electron chi connectivity index (χ3n) is 11.8. The third-order valence-corrected chi connectivity index (χ3v) is 11.8. The van der Waals surface area contributed by atoms with E-state index in [-0.39, 0.29) is 6.10 Å². The molecule has 3 saturated heterocycles. The molecule has 3 unspecified atom stereocenters. The van der Waals surface area contributed by atoms with Gasteiger partial charge in [-0.2, -0.15) is 0 Å². The van der Waals surface area contributed by atoms with Crippen molar-refractivity contribution in [3.05, 3.63) is 71.8 Å². The molecule has 1 spiro atoms. The first kappa shape index (κ1) is 38.3. The first-order valence-corrected chi connectivity index (χ1v) is 20.2. The van der Waals surface area contributed by atoms with E-state index in [4.69, 9.17) is 18.9 Å². The molecule has 7 nitrogen and oxygen atoms in total. The van der Waals surface area contributed by atoms with Crippen molar-refractivity contribution >= 4 is 12.1 Å². The highest BCUT2D eigenvalue weighted by Crippen LogP contribution is 2.47. The summed E-state index contributed by atoms with van der Waals surface area (Å²) in [4.78, 5) is 27.4. The van der Waals surface area contributed by atoms with Crippen molar-refractivity contribution < 1.29 is 33.0 Å². The molecule has 2 bridgehead atoms. The number of esters is 1. The third kappa shape index (κ3) is 9.91. The van der Waals surface area contributed by atoms with Crippen LogP contribution >= 0.6 is 0 Å². The number of quaternary nitrogens is 1. The van der Waals surface area contributed by atoms with Crippen molar-refractivity contribution in [3.8, 4) is 0 Å². The van der Waals surface area contributed by atoms with Crippen LogP contribution in [0.4, 0.5) is 4.79 Å². The monoisotopic (exact) mass is 690 g/mol. The minimum absolute atomic E-state index is 0.166. The van der Waals surface area contributed by atoms with Crippen LogP contribution < -0.4 is 0 Å². The molecule has 5 rings (SSSR count). The smallest absolute Gasteiger partial charge is 0.459 e. The lowest BCUT2D eigenvalue weighted by atomic mass is 9.85. The Bertz CT molecular complexity index is 1220. The lowest BCUT2D eigenvalue weighted by Gasteiger charge is -2.47. The summed E-state index contributed by atoms with van der Waals surface area (Å²) in [6.45, 7) is 6.74. The molecular formula is C43H64NO6+. The van der Waals surface area contributed by atoms with E-state index in [1.807, 2.05) is 60.7 Å². The average Bonchev–Trinajstić information content (AvgIpc) is 3.67. The summed E-state index contributed by atoms with van der Waals surface area (Å²) in [5, 5.41) is 0. The highest BCUT2D eigenvalue weighted by atomic mass is 16.8. The van der Waals surface area contributed by atoms with Gasteiger partial charge in [-0.3, -0.25) is 0 Å². The summed E-state index contributed by atoms with van der Waals surface area (Å²) in [6, 6.07) is 20.0. The molecule has 0 N–H and O–H groups in total. The fourth-order valence-electron chi connectivity index (χ4n) is 9.19. The fourth-order valence-corrected chi connectivity index (χ4v) is 9.19. The van der Waals surface area contributed by atoms with Crippen LogP contribution in [0.15, 0.2) is 60.7 Å². The van der Waals surface area contributed by atoms with E-state index in [1.165, 1.54) is 107 Å². The molecule has 0 aromatic heterocycles. The molecule has 2 aromatic carbocycles. The topological polar surface area (TPSA) is 71.1 Å². The van der Waals surface area contributed by atoms with Gasteiger partial charge in [-0.15, -0.1) is 0 Å². The molecule has 50 heavy (non-hydrogen) atoms. The molecule has 3 aliphatic rings. The number of hydrogen-bond donors (Lipinski definition) is 0. The van der Waals surface area contributed by atoms with Gasteiger partial charge in [0.1, 0.15) is 6.10 Å². The molecule has 3 heterocycles. The fraction of sp³-hybridized carbons (Fsp3) is 0.674. The van der Waals surface area contributed by atoms with Crippen LogP contribution in [0.5, 0.6) is 0 Å². The van der Waals surface area contributed by atoms with Crippen LogP contribution in [0.1, 0.15) is 147 Å². The van der Waals surface area contributed by atoms with E-state index in [0.717, 1.165) is 32.1 Å². The zero-order valence-electron chi connectivity index (χ0n) is 31.0. The Morgan fingerprint density at radius 2 is 1.20 bits per heavy atom. The van der Waals surface area contributed by atoms with Gasteiger partial charge in [0.15, 0.2) is 0 Å². The van der Waals surface area contributed by atoms with Crippen LogP contribution in [0.25, 0.3) is 0 Å². The number of unbranched alkanes of at least 4 members (excludes halogenated alkanes) is 12. The van der Waals surface area contributed by atoms with Crippen molar-refractivity contribution in [2.24, 2.45) is 0 Å². The number of carbonyl (C=O) groups is 2. The molecule has 0 aliphatic carbocycles. The van der Waals surface area contributed by atoms with Crippen molar-refractivity contribution in [1.29, 1.82) is 0 Å². The number of ether oxygens (including phenoxy) is 4. The van der Waals surface area contributed by atoms with Crippen molar-refractivity contribution in [3.63, 3.8) is 0 Å². The predicted molar refractivity (Wildman–Crippen MR) is 197 cm³/mol. The molecule has 3 aliphatic heterocycles. The zero-order valence-corrected chi connectivity index (χ0v) is 31.0. The largest absolute Gasteiger partial charge is 0.510 e. The first-order chi connectivity index (χ1) is 24.5. The maximum absolute atomic E-state index is 14.6. The van der Waals surface area contributed by atoms with Crippen LogP contribution in [0.3, 0.4) is 0 Å². The molecule has 2 aromatic rings. The Labute approximate surface area is 302 Å². The first-order valence-electron chi connectivity index (χ1n) is 20.2. The lowest BCUT2D eigenvalue weighted by molar-refractivity contribution is -0.956. The van der Waals surface area contributed by atoms with Gasteiger partial charge in [-0.1, -0.05) is 145 Å². The summed E-state index contributed by atoms with van der Waals surface area (Å²) in [5.74, 6) is -0.468. The van der Waals surface area contributed by atoms with Gasteiger partial charge >= 0.3 is 12.1 Å². The van der Waals surface area contributed by atoms with Crippen molar-refractivity contribution in [2.75, 3.05) is 19.7 Å². The second-order valence-corrected chi connectivity index (χ2v) is 15.2. The molecule has 0 amide bonds. The summed E-state index contributed by atoms with van der Waals surface area (Å²) in [6.07, 6.45) is 21.1. The molecule has 7 heteroatoms. The summed E-state index contributed by atoms with van der Waals surface area (Å²) >= 11 is 0. The summed E-state index contributed by atoms with van der Waals surface area (Å²) < 4.78 is 25.3. The molecule has 0 saturated carbocycles. The minimum Gasteiger partial charge on any atom is -0.459 e. The Kier molecular flexibility index (Phi) is 15.1. The summed E-state index contributed by atoms with van der Waals surface area (Å²) in [7, 11) is 0. The number of carbonyl (C=O) groups excluding carboxylic acids is 2. The van der Waals surface area contributed by atoms with Gasteiger partial charge in [0.2, 0.25) is 11.9 Å². The number of nitrogens with zero attached hydrogens (tertiary/aromatic N) is 1. The van der Waals surface area contributed by atoms with E-state index in [2.05, 4.69) is 6.92 Å². The van der Waals surface area contributed by atoms with Gasteiger partial charge in [-0.05, 0) is 24.5 Å². The van der Waals surface area contributed by atoms with E-state index in [0.29, 0.717) is 29.8 Å². The number of rotatable bonds is 21. The maximum Gasteiger partial charge on any atom is 0.510 e. The minimum atomic E-state index is -1.62. The molecule has 3 fully saturated rings. The van der Waals surface area contributed by atoms with E-state index < -0.39 is 24.0 Å². The van der Waals surface area contributed by atoms with Gasteiger partial charge < -0.3 is 23.4 Å². The van der Waals surface area contributed by atoms with E-state index in [1.54, 1.807) is 6.92 Å². The second-order valence-electron chi connectivity index (χ2n) is 15.2. The number of benzene rings is 2. The van der Waals surface area contributed by atoms with Gasteiger partial charge in [0.25, 0.3) is 0 Å². The van der Waals surface area contributed by atoms with Crippen molar-refractivity contribution in [2.45, 2.75) is 166 Å². The van der Waals surface area contributed by atoms with Crippen molar-refractivity contribution in [1.82, 2.24) is 0 Å².